The highest BCUT2D eigenvalue weighted by atomic mass is 79.9. The van der Waals surface area contributed by atoms with E-state index in [1.807, 2.05) is 0 Å². The Labute approximate surface area is 91.8 Å². The summed E-state index contributed by atoms with van der Waals surface area (Å²) in [6, 6.07) is -0.653. The third-order valence-corrected chi connectivity index (χ3v) is 1.70. The van der Waals surface area contributed by atoms with Crippen LogP contribution in [0.15, 0.2) is 11.1 Å². The van der Waals surface area contributed by atoms with Crippen LogP contribution in [0.5, 0.6) is 0 Å². The van der Waals surface area contributed by atoms with E-state index in [9.17, 15) is 9.59 Å². The third kappa shape index (κ3) is 5.75. The van der Waals surface area contributed by atoms with Crippen molar-refractivity contribution in [3.8, 4) is 0 Å². The predicted molar refractivity (Wildman–Crippen MR) is 56.9 cm³/mol. The molecule has 0 aliphatic carbocycles. The molecule has 1 N–H and O–H groups in total. The Morgan fingerprint density at radius 1 is 1.57 bits per heavy atom. The Morgan fingerprint density at radius 2 is 2.14 bits per heavy atom. The summed E-state index contributed by atoms with van der Waals surface area (Å²) in [4.78, 5) is 22.1. The standard InChI is InChI=1S/C9H14BrNO3/c1-4-14-9(13)8(5-6(2)10)11-7(3)12/h8H,2,4-5H2,1,3H3,(H,11,12). The van der Waals surface area contributed by atoms with Crippen molar-refractivity contribution in [2.45, 2.75) is 26.3 Å². The van der Waals surface area contributed by atoms with Crippen molar-refractivity contribution in [1.82, 2.24) is 5.32 Å². The Hall–Kier alpha value is -0.840. The maximum Gasteiger partial charge on any atom is 0.328 e. The number of carbonyl (C=O) groups is 2. The molecule has 0 saturated heterocycles. The topological polar surface area (TPSA) is 55.4 Å². The summed E-state index contributed by atoms with van der Waals surface area (Å²) in [7, 11) is 0. The Bertz CT molecular complexity index is 224. The number of hydrogen-bond acceptors (Lipinski definition) is 3. The molecule has 0 bridgehead atoms. The lowest BCUT2D eigenvalue weighted by atomic mass is 10.2. The van der Waals surface area contributed by atoms with Crippen molar-refractivity contribution in [2.75, 3.05) is 6.61 Å². The van der Waals surface area contributed by atoms with Gasteiger partial charge in [-0.05, 0) is 11.4 Å². The van der Waals surface area contributed by atoms with Gasteiger partial charge in [-0.15, -0.1) is 0 Å². The first kappa shape index (κ1) is 13.2. The van der Waals surface area contributed by atoms with Gasteiger partial charge in [0.1, 0.15) is 6.04 Å². The number of carbonyl (C=O) groups excluding carboxylic acids is 2. The van der Waals surface area contributed by atoms with Crippen LogP contribution in [0.1, 0.15) is 20.3 Å². The number of ether oxygens (including phenoxy) is 1. The molecular formula is C9H14BrNO3. The fraction of sp³-hybridized carbons (Fsp3) is 0.556. The van der Waals surface area contributed by atoms with Gasteiger partial charge in [-0.1, -0.05) is 22.5 Å². The van der Waals surface area contributed by atoms with Crippen molar-refractivity contribution >= 4 is 27.8 Å². The zero-order chi connectivity index (χ0) is 11.1. The maximum absolute atomic E-state index is 11.3. The number of amides is 1. The van der Waals surface area contributed by atoms with Gasteiger partial charge < -0.3 is 10.1 Å². The van der Waals surface area contributed by atoms with Crippen molar-refractivity contribution in [1.29, 1.82) is 0 Å². The van der Waals surface area contributed by atoms with E-state index in [0.717, 1.165) is 0 Å². The van der Waals surface area contributed by atoms with Gasteiger partial charge in [0.15, 0.2) is 0 Å². The first-order valence-corrected chi connectivity index (χ1v) is 5.03. The quantitative estimate of drug-likeness (QED) is 0.762. The number of halogens is 1. The minimum Gasteiger partial charge on any atom is -0.464 e. The van der Waals surface area contributed by atoms with Crippen LogP contribution >= 0.6 is 15.9 Å². The molecule has 0 rings (SSSR count). The SMILES string of the molecule is C=C(Br)CC(NC(C)=O)C(=O)OCC. The van der Waals surface area contributed by atoms with Gasteiger partial charge >= 0.3 is 5.97 Å². The van der Waals surface area contributed by atoms with Crippen molar-refractivity contribution in [3.63, 3.8) is 0 Å². The van der Waals surface area contributed by atoms with Gasteiger partial charge in [0, 0.05) is 13.3 Å². The average Bonchev–Trinajstić information content (AvgIpc) is 2.01. The van der Waals surface area contributed by atoms with Gasteiger partial charge in [0.25, 0.3) is 0 Å². The first-order chi connectivity index (χ1) is 6.47. The van der Waals surface area contributed by atoms with Gasteiger partial charge in [-0.25, -0.2) is 4.79 Å². The number of nitrogens with one attached hydrogen (secondary N) is 1. The molecule has 0 radical (unpaired) electrons. The molecule has 0 spiro atoms. The fourth-order valence-electron chi connectivity index (χ4n) is 0.903. The lowest BCUT2D eigenvalue weighted by Crippen LogP contribution is -2.40. The molecule has 5 heteroatoms. The van der Waals surface area contributed by atoms with E-state index in [-0.39, 0.29) is 5.91 Å². The Kier molecular flexibility index (Phi) is 6.19. The largest absolute Gasteiger partial charge is 0.464 e. The molecule has 0 aromatic heterocycles. The summed E-state index contributed by atoms with van der Waals surface area (Å²) in [6.45, 7) is 6.96. The van der Waals surface area contributed by atoms with Crippen molar-refractivity contribution in [3.05, 3.63) is 11.1 Å². The zero-order valence-corrected chi connectivity index (χ0v) is 9.89. The van der Waals surface area contributed by atoms with Crippen LogP contribution in [0.25, 0.3) is 0 Å². The smallest absolute Gasteiger partial charge is 0.328 e. The molecule has 0 aliphatic rings. The summed E-state index contributed by atoms with van der Waals surface area (Å²) in [6.07, 6.45) is 0.332. The minimum absolute atomic E-state index is 0.267. The number of rotatable bonds is 5. The maximum atomic E-state index is 11.3. The first-order valence-electron chi connectivity index (χ1n) is 4.24. The molecule has 0 aliphatic heterocycles. The second kappa shape index (κ2) is 6.59. The summed E-state index contributed by atoms with van der Waals surface area (Å²) < 4.78 is 5.43. The van der Waals surface area contributed by atoms with Crippen molar-refractivity contribution < 1.29 is 14.3 Å². The van der Waals surface area contributed by atoms with E-state index in [1.54, 1.807) is 6.92 Å². The second-order valence-corrected chi connectivity index (χ2v) is 3.85. The zero-order valence-electron chi connectivity index (χ0n) is 8.30. The molecule has 1 amide bonds. The molecule has 0 aromatic carbocycles. The van der Waals surface area contributed by atoms with E-state index in [1.165, 1.54) is 6.92 Å². The Morgan fingerprint density at radius 3 is 2.50 bits per heavy atom. The van der Waals surface area contributed by atoms with Gasteiger partial charge in [-0.3, -0.25) is 4.79 Å². The molecule has 0 heterocycles. The van der Waals surface area contributed by atoms with Gasteiger partial charge in [0.2, 0.25) is 5.91 Å². The summed E-state index contributed by atoms with van der Waals surface area (Å²) in [5, 5.41) is 2.49. The molecular weight excluding hydrogens is 250 g/mol. The normalized spacial score (nSPS) is 11.6. The van der Waals surface area contributed by atoms with Gasteiger partial charge in [-0.2, -0.15) is 0 Å². The molecule has 1 atom stereocenters. The third-order valence-electron chi connectivity index (χ3n) is 1.37. The number of hydrogen-bond donors (Lipinski definition) is 1. The predicted octanol–water partition coefficient (Wildman–Crippen LogP) is 1.35. The lowest BCUT2D eigenvalue weighted by molar-refractivity contribution is -0.147. The monoisotopic (exact) mass is 263 g/mol. The van der Waals surface area contributed by atoms with Crippen LogP contribution < -0.4 is 5.32 Å². The van der Waals surface area contributed by atoms with E-state index in [2.05, 4.69) is 27.8 Å². The Balaban J connectivity index is 4.29. The van der Waals surface area contributed by atoms with Crippen LogP contribution in [-0.2, 0) is 14.3 Å². The summed E-state index contributed by atoms with van der Waals surface area (Å²) >= 11 is 3.13. The van der Waals surface area contributed by atoms with Gasteiger partial charge in [0.05, 0.1) is 6.61 Å². The number of esters is 1. The summed E-state index contributed by atoms with van der Waals surface area (Å²) in [5.41, 5.74) is 0. The molecule has 1 unspecified atom stereocenters. The van der Waals surface area contributed by atoms with Crippen LogP contribution in [0.3, 0.4) is 0 Å². The molecule has 0 fully saturated rings. The highest BCUT2D eigenvalue weighted by Gasteiger charge is 2.20. The van der Waals surface area contributed by atoms with E-state index < -0.39 is 12.0 Å². The second-order valence-electron chi connectivity index (χ2n) is 2.73. The molecule has 14 heavy (non-hydrogen) atoms. The van der Waals surface area contributed by atoms with E-state index >= 15 is 0 Å². The minimum atomic E-state index is -0.653. The molecule has 4 nitrogen and oxygen atoms in total. The van der Waals surface area contributed by atoms with Crippen LogP contribution in [0.4, 0.5) is 0 Å². The van der Waals surface area contributed by atoms with Crippen LogP contribution in [-0.4, -0.2) is 24.5 Å². The van der Waals surface area contributed by atoms with Crippen LogP contribution in [0.2, 0.25) is 0 Å². The molecule has 0 saturated carbocycles. The van der Waals surface area contributed by atoms with E-state index in [0.29, 0.717) is 17.5 Å². The highest BCUT2D eigenvalue weighted by molar-refractivity contribution is 9.11. The van der Waals surface area contributed by atoms with Crippen molar-refractivity contribution in [2.24, 2.45) is 0 Å². The molecule has 80 valence electrons. The van der Waals surface area contributed by atoms with Crippen LogP contribution in [0, 0.1) is 0 Å². The average molecular weight is 264 g/mol. The highest BCUT2D eigenvalue weighted by Crippen LogP contribution is 2.11. The summed E-state index contributed by atoms with van der Waals surface area (Å²) in [5.74, 6) is -0.708. The fourth-order valence-corrected chi connectivity index (χ4v) is 1.23. The van der Waals surface area contributed by atoms with E-state index in [4.69, 9.17) is 4.74 Å². The molecule has 0 aromatic rings. The lowest BCUT2D eigenvalue weighted by Gasteiger charge is -2.15.